The molecule has 0 radical (unpaired) electrons. The number of ketones is 1. The molecular weight excluding hydrogens is 512 g/mol. The molecule has 198 valence electrons. The van der Waals surface area contributed by atoms with Gasteiger partial charge in [-0.3, -0.25) is 14.5 Å². The summed E-state index contributed by atoms with van der Waals surface area (Å²) in [4.78, 5) is 33.1. The van der Waals surface area contributed by atoms with Crippen LogP contribution in [0.4, 0.5) is 5.69 Å². The van der Waals surface area contributed by atoms with E-state index in [9.17, 15) is 9.59 Å². The van der Waals surface area contributed by atoms with E-state index in [0.29, 0.717) is 41.8 Å². The number of para-hydroxylation sites is 1. The Morgan fingerprint density at radius 2 is 1.85 bits per heavy atom. The van der Waals surface area contributed by atoms with Crippen LogP contribution in [0.2, 0.25) is 5.02 Å². The van der Waals surface area contributed by atoms with Crippen molar-refractivity contribution < 1.29 is 18.7 Å². The van der Waals surface area contributed by atoms with Crippen LogP contribution in [0.25, 0.3) is 0 Å². The van der Waals surface area contributed by atoms with Crippen molar-refractivity contribution in [1.29, 1.82) is 0 Å². The smallest absolute Gasteiger partial charge is 0.253 e. The van der Waals surface area contributed by atoms with Crippen molar-refractivity contribution in [2.24, 2.45) is 5.92 Å². The fourth-order valence-corrected chi connectivity index (χ4v) is 6.58. The molecule has 3 aromatic carbocycles. The largest absolute Gasteiger partial charge is 0.494 e. The van der Waals surface area contributed by atoms with Crippen LogP contribution in [0.5, 0.6) is 5.75 Å². The summed E-state index contributed by atoms with van der Waals surface area (Å²) in [6, 6.07) is 26.2. The fraction of sp³-hybridized carbons (Fsp3) is 0.250. The molecule has 3 atom stereocenters. The molecule has 0 saturated carbocycles. The van der Waals surface area contributed by atoms with Gasteiger partial charge < -0.3 is 14.1 Å². The molecule has 39 heavy (non-hydrogen) atoms. The van der Waals surface area contributed by atoms with Gasteiger partial charge in [0.1, 0.15) is 17.0 Å². The van der Waals surface area contributed by atoms with E-state index in [1.807, 2.05) is 79.5 Å². The van der Waals surface area contributed by atoms with Crippen LogP contribution < -0.4 is 9.64 Å². The average molecular weight is 541 g/mol. The van der Waals surface area contributed by atoms with E-state index in [0.717, 1.165) is 16.8 Å². The first kappa shape index (κ1) is 25.4. The van der Waals surface area contributed by atoms with E-state index in [1.54, 1.807) is 35.4 Å². The van der Waals surface area contributed by atoms with Gasteiger partial charge in [-0.2, -0.15) is 0 Å². The number of likely N-dealkylation sites (N-methyl/N-ethyl adjacent to an activating group) is 1. The highest BCUT2D eigenvalue weighted by Crippen LogP contribution is 2.57. The number of carbonyl (C=O) groups is 2. The molecule has 0 aliphatic carbocycles. The Morgan fingerprint density at radius 3 is 2.56 bits per heavy atom. The third kappa shape index (κ3) is 4.06. The number of anilines is 1. The van der Waals surface area contributed by atoms with Gasteiger partial charge >= 0.3 is 0 Å². The fourth-order valence-electron chi connectivity index (χ4n) is 6.37. The summed E-state index contributed by atoms with van der Waals surface area (Å²) >= 11 is 6.27. The molecule has 0 unspecified atom stereocenters. The van der Waals surface area contributed by atoms with Gasteiger partial charge in [-0.1, -0.05) is 41.9 Å². The molecule has 0 N–H and O–H groups in total. The van der Waals surface area contributed by atoms with Crippen LogP contribution in [0, 0.1) is 5.92 Å². The van der Waals surface area contributed by atoms with E-state index >= 15 is 0 Å². The number of fused-ring (bicyclic) bond motifs is 2. The molecule has 6 rings (SSSR count). The van der Waals surface area contributed by atoms with Crippen molar-refractivity contribution in [3.8, 4) is 5.75 Å². The molecule has 0 bridgehead atoms. The first-order chi connectivity index (χ1) is 18.9. The molecule has 7 heteroatoms. The summed E-state index contributed by atoms with van der Waals surface area (Å²) in [5.41, 5.74) is 1.90. The lowest BCUT2D eigenvalue weighted by molar-refractivity contribution is -0.129. The number of amides is 1. The second kappa shape index (κ2) is 10.0. The second-order valence-corrected chi connectivity index (χ2v) is 10.5. The van der Waals surface area contributed by atoms with Crippen molar-refractivity contribution in [2.45, 2.75) is 24.9 Å². The minimum absolute atomic E-state index is 0.100. The topological polar surface area (TPSA) is 63.0 Å². The van der Waals surface area contributed by atoms with Gasteiger partial charge in [0.15, 0.2) is 5.78 Å². The van der Waals surface area contributed by atoms with Crippen molar-refractivity contribution in [2.75, 3.05) is 25.1 Å². The highest BCUT2D eigenvalue weighted by molar-refractivity contribution is 6.30. The number of furan rings is 1. The van der Waals surface area contributed by atoms with E-state index in [1.165, 1.54) is 0 Å². The Hall–Kier alpha value is -3.87. The van der Waals surface area contributed by atoms with E-state index < -0.39 is 11.5 Å². The molecule has 1 saturated heterocycles. The maximum absolute atomic E-state index is 14.7. The first-order valence-electron chi connectivity index (χ1n) is 13.1. The van der Waals surface area contributed by atoms with Crippen LogP contribution in [0.1, 0.15) is 40.1 Å². The Bertz CT molecular complexity index is 1520. The van der Waals surface area contributed by atoms with Crippen molar-refractivity contribution in [3.63, 3.8) is 0 Å². The normalized spacial score (nSPS) is 22.4. The van der Waals surface area contributed by atoms with Gasteiger partial charge in [-0.25, -0.2) is 0 Å². The first-order valence-corrected chi connectivity index (χ1v) is 13.5. The van der Waals surface area contributed by atoms with Crippen LogP contribution >= 0.6 is 11.6 Å². The highest BCUT2D eigenvalue weighted by Gasteiger charge is 2.66. The van der Waals surface area contributed by atoms with Gasteiger partial charge in [0.25, 0.3) is 5.91 Å². The van der Waals surface area contributed by atoms with Crippen LogP contribution in [-0.4, -0.2) is 36.8 Å². The third-order valence-electron chi connectivity index (χ3n) is 7.97. The Balaban J connectivity index is 1.49. The van der Waals surface area contributed by atoms with Crippen LogP contribution in [0.15, 0.2) is 95.6 Å². The predicted octanol–water partition coefficient (Wildman–Crippen LogP) is 6.30. The number of ether oxygens (including phenoxy) is 1. The molecular formula is C32H29ClN2O4. The minimum atomic E-state index is -1.19. The standard InChI is InChI=1S/C32H29ClN2O4/c1-3-38-24-15-13-22(14-16-24)30(36)29-25(28-12-7-17-39-28)20-34(2)32(29)26-10-4-5-11-27(26)35(31(32)37)19-21-8-6-9-23(33)18-21/h4-18,25,29H,3,19-20H2,1-2H3/t25-,29-,32+/m0/s1. The van der Waals surface area contributed by atoms with Gasteiger partial charge in [0.2, 0.25) is 0 Å². The average Bonchev–Trinajstić information content (AvgIpc) is 3.64. The monoisotopic (exact) mass is 540 g/mol. The van der Waals surface area contributed by atoms with E-state index in [-0.39, 0.29) is 17.6 Å². The SMILES string of the molecule is CCOc1ccc(C(=O)[C@@H]2[C@H](c3ccco3)CN(C)[C@@]23C(=O)N(Cc2cccc(Cl)c2)c2ccccc23)cc1. The second-order valence-electron chi connectivity index (χ2n) is 10.1. The lowest BCUT2D eigenvalue weighted by Crippen LogP contribution is -2.53. The minimum Gasteiger partial charge on any atom is -0.494 e. The van der Waals surface area contributed by atoms with Gasteiger partial charge in [-0.05, 0) is 74.1 Å². The molecule has 1 aromatic heterocycles. The summed E-state index contributed by atoms with van der Waals surface area (Å²) in [5, 5.41) is 0.613. The lowest BCUT2D eigenvalue weighted by atomic mass is 9.71. The number of likely N-dealkylation sites (tertiary alicyclic amines) is 1. The number of halogens is 1. The van der Waals surface area contributed by atoms with E-state index in [2.05, 4.69) is 0 Å². The maximum atomic E-state index is 14.7. The summed E-state index contributed by atoms with van der Waals surface area (Å²) < 4.78 is 11.5. The van der Waals surface area contributed by atoms with Crippen molar-refractivity contribution >= 4 is 29.0 Å². The molecule has 1 amide bonds. The zero-order valence-corrected chi connectivity index (χ0v) is 22.6. The van der Waals surface area contributed by atoms with Crippen molar-refractivity contribution in [3.05, 3.63) is 119 Å². The number of Topliss-reactive ketones (excluding diaryl/α,β-unsaturated/α-hetero) is 1. The summed E-state index contributed by atoms with van der Waals surface area (Å²) in [6.07, 6.45) is 1.62. The van der Waals surface area contributed by atoms with Crippen LogP contribution in [-0.2, 0) is 16.9 Å². The molecule has 1 fully saturated rings. The summed E-state index contributed by atoms with van der Waals surface area (Å²) in [7, 11) is 1.93. The number of hydrogen-bond acceptors (Lipinski definition) is 5. The van der Waals surface area contributed by atoms with Gasteiger partial charge in [0.05, 0.1) is 25.3 Å². The highest BCUT2D eigenvalue weighted by atomic mass is 35.5. The predicted molar refractivity (Wildman–Crippen MR) is 150 cm³/mol. The van der Waals surface area contributed by atoms with Gasteiger partial charge in [0, 0.05) is 34.3 Å². The maximum Gasteiger partial charge on any atom is 0.253 e. The Morgan fingerprint density at radius 1 is 1.05 bits per heavy atom. The number of rotatable bonds is 7. The number of benzene rings is 3. The molecule has 3 heterocycles. The van der Waals surface area contributed by atoms with Crippen molar-refractivity contribution in [1.82, 2.24) is 4.90 Å². The summed E-state index contributed by atoms with van der Waals surface area (Å²) in [5.74, 6) is 0.157. The molecule has 4 aromatic rings. The van der Waals surface area contributed by atoms with Crippen LogP contribution in [0.3, 0.4) is 0 Å². The molecule has 2 aliphatic rings. The zero-order valence-electron chi connectivity index (χ0n) is 21.8. The molecule has 6 nitrogen and oxygen atoms in total. The third-order valence-corrected chi connectivity index (χ3v) is 8.21. The zero-order chi connectivity index (χ0) is 27.1. The summed E-state index contributed by atoms with van der Waals surface area (Å²) in [6.45, 7) is 3.30. The number of hydrogen-bond donors (Lipinski definition) is 0. The molecule has 2 aliphatic heterocycles. The van der Waals surface area contributed by atoms with Gasteiger partial charge in [-0.15, -0.1) is 0 Å². The lowest BCUT2D eigenvalue weighted by Gasteiger charge is -2.36. The Kier molecular flexibility index (Phi) is 6.53. The molecule has 1 spiro atoms. The number of carbonyl (C=O) groups excluding carboxylic acids is 2. The Labute approximate surface area is 232 Å². The quantitative estimate of drug-likeness (QED) is 0.257. The number of nitrogens with zero attached hydrogens (tertiary/aromatic N) is 2. The van der Waals surface area contributed by atoms with E-state index in [4.69, 9.17) is 20.8 Å².